The van der Waals surface area contributed by atoms with Gasteiger partial charge < -0.3 is 4.74 Å². The van der Waals surface area contributed by atoms with Crippen LogP contribution in [-0.4, -0.2) is 18.1 Å². The number of hydrazone groups is 1. The molecule has 0 saturated heterocycles. The lowest BCUT2D eigenvalue weighted by Crippen LogP contribution is -2.17. The number of hydrogen-bond donors (Lipinski definition) is 1. The number of nitrogens with one attached hydrogen (secondary N) is 1. The molecule has 0 bridgehead atoms. The SMILES string of the molecule is O=C(NN=Cc1cc(Br)ccc1OC(=O)c1ccccc1Cl)c1ccc(F)cc1. The molecule has 3 aromatic carbocycles. The normalized spacial score (nSPS) is 10.7. The van der Waals surface area contributed by atoms with Crippen molar-refractivity contribution >= 4 is 45.6 Å². The van der Waals surface area contributed by atoms with Gasteiger partial charge in [-0.05, 0) is 54.6 Å². The third-order valence-corrected chi connectivity index (χ3v) is 4.57. The minimum atomic E-state index is -0.622. The van der Waals surface area contributed by atoms with Crippen LogP contribution in [0.5, 0.6) is 5.75 Å². The van der Waals surface area contributed by atoms with E-state index in [-0.39, 0.29) is 21.9 Å². The fourth-order valence-electron chi connectivity index (χ4n) is 2.32. The highest BCUT2D eigenvalue weighted by Gasteiger charge is 2.14. The molecule has 8 heteroatoms. The second-order valence-corrected chi connectivity index (χ2v) is 7.08. The average molecular weight is 476 g/mol. The van der Waals surface area contributed by atoms with E-state index in [4.69, 9.17) is 16.3 Å². The molecule has 29 heavy (non-hydrogen) atoms. The summed E-state index contributed by atoms with van der Waals surface area (Å²) in [6, 6.07) is 16.5. The summed E-state index contributed by atoms with van der Waals surface area (Å²) in [6.07, 6.45) is 1.33. The van der Waals surface area contributed by atoms with Crippen molar-refractivity contribution in [1.29, 1.82) is 0 Å². The standard InChI is InChI=1S/C21H13BrClFN2O3/c22-15-7-10-19(29-21(28)17-3-1-2-4-18(17)23)14(11-15)12-25-26-20(27)13-5-8-16(24)9-6-13/h1-12H,(H,26,27). The van der Waals surface area contributed by atoms with Crippen LogP contribution in [0, 0.1) is 5.82 Å². The quantitative estimate of drug-likeness (QED) is 0.238. The molecule has 0 saturated carbocycles. The Hall–Kier alpha value is -3.03. The summed E-state index contributed by atoms with van der Waals surface area (Å²) in [4.78, 5) is 24.4. The van der Waals surface area contributed by atoms with Crippen LogP contribution in [0.25, 0.3) is 0 Å². The Morgan fingerprint density at radius 3 is 2.52 bits per heavy atom. The molecule has 3 rings (SSSR count). The Bertz CT molecular complexity index is 1090. The highest BCUT2D eigenvalue weighted by atomic mass is 79.9. The maximum atomic E-state index is 12.9. The van der Waals surface area contributed by atoms with Gasteiger partial charge in [0.1, 0.15) is 11.6 Å². The molecule has 0 atom stereocenters. The van der Waals surface area contributed by atoms with Crippen molar-refractivity contribution in [2.75, 3.05) is 0 Å². The number of esters is 1. The fraction of sp³-hybridized carbons (Fsp3) is 0. The van der Waals surface area contributed by atoms with Crippen LogP contribution >= 0.6 is 27.5 Å². The van der Waals surface area contributed by atoms with Gasteiger partial charge in [-0.2, -0.15) is 5.10 Å². The second kappa shape index (κ2) is 9.45. The molecule has 1 N–H and O–H groups in total. The van der Waals surface area contributed by atoms with E-state index in [0.29, 0.717) is 5.56 Å². The first-order valence-corrected chi connectivity index (χ1v) is 9.46. The van der Waals surface area contributed by atoms with Crippen molar-refractivity contribution in [1.82, 2.24) is 5.43 Å². The summed E-state index contributed by atoms with van der Waals surface area (Å²) in [7, 11) is 0. The second-order valence-electron chi connectivity index (χ2n) is 5.76. The summed E-state index contributed by atoms with van der Waals surface area (Å²) in [5, 5.41) is 4.16. The molecule has 0 aliphatic heterocycles. The Kier molecular flexibility index (Phi) is 6.74. The van der Waals surface area contributed by atoms with Crippen LogP contribution in [0.15, 0.2) is 76.3 Å². The maximum Gasteiger partial charge on any atom is 0.345 e. The molecule has 0 spiro atoms. The largest absolute Gasteiger partial charge is 0.422 e. The van der Waals surface area contributed by atoms with Crippen LogP contribution in [0.1, 0.15) is 26.3 Å². The first-order chi connectivity index (χ1) is 13.9. The number of ether oxygens (including phenoxy) is 1. The number of carbonyl (C=O) groups is 2. The lowest BCUT2D eigenvalue weighted by atomic mass is 10.2. The van der Waals surface area contributed by atoms with Gasteiger partial charge in [0.2, 0.25) is 0 Å². The molecule has 0 aliphatic carbocycles. The Labute approximate surface area is 179 Å². The zero-order valence-corrected chi connectivity index (χ0v) is 17.1. The van der Waals surface area contributed by atoms with Gasteiger partial charge in [-0.15, -0.1) is 0 Å². The van der Waals surface area contributed by atoms with Gasteiger partial charge >= 0.3 is 5.97 Å². The molecular weight excluding hydrogens is 463 g/mol. The predicted molar refractivity (Wildman–Crippen MR) is 112 cm³/mol. The Morgan fingerprint density at radius 2 is 1.79 bits per heavy atom. The third kappa shape index (κ3) is 5.49. The molecule has 0 unspecified atom stereocenters. The van der Waals surface area contributed by atoms with Crippen molar-refractivity contribution in [2.24, 2.45) is 5.10 Å². The fourth-order valence-corrected chi connectivity index (χ4v) is 2.91. The number of halogens is 3. The van der Waals surface area contributed by atoms with Gasteiger partial charge in [-0.1, -0.05) is 39.7 Å². The van der Waals surface area contributed by atoms with Crippen molar-refractivity contribution in [3.8, 4) is 5.75 Å². The van der Waals surface area contributed by atoms with Crippen molar-refractivity contribution in [2.45, 2.75) is 0 Å². The van der Waals surface area contributed by atoms with Crippen molar-refractivity contribution in [3.05, 3.63) is 98.7 Å². The summed E-state index contributed by atoms with van der Waals surface area (Å²) in [5.74, 6) is -1.34. The number of nitrogens with zero attached hydrogens (tertiary/aromatic N) is 1. The first-order valence-electron chi connectivity index (χ1n) is 8.29. The summed E-state index contributed by atoms with van der Waals surface area (Å²) in [5.41, 5.74) is 3.26. The number of rotatable bonds is 5. The molecular formula is C21H13BrClFN2O3. The van der Waals surface area contributed by atoms with E-state index in [0.717, 1.165) is 4.47 Å². The molecule has 146 valence electrons. The van der Waals surface area contributed by atoms with Gasteiger partial charge in [0, 0.05) is 15.6 Å². The van der Waals surface area contributed by atoms with Crippen LogP contribution < -0.4 is 10.2 Å². The van der Waals surface area contributed by atoms with Crippen LogP contribution in [0.4, 0.5) is 4.39 Å². The molecule has 3 aromatic rings. The third-order valence-electron chi connectivity index (χ3n) is 3.74. The van der Waals surface area contributed by atoms with Gasteiger partial charge in [-0.25, -0.2) is 14.6 Å². The molecule has 0 heterocycles. The topological polar surface area (TPSA) is 67.8 Å². The number of amides is 1. The summed E-state index contributed by atoms with van der Waals surface area (Å²) >= 11 is 9.37. The van der Waals surface area contributed by atoms with Crippen molar-refractivity contribution in [3.63, 3.8) is 0 Å². The zero-order valence-electron chi connectivity index (χ0n) is 14.7. The number of carbonyl (C=O) groups excluding carboxylic acids is 2. The average Bonchev–Trinajstić information content (AvgIpc) is 2.70. The Morgan fingerprint density at radius 1 is 1.07 bits per heavy atom. The lowest BCUT2D eigenvalue weighted by Gasteiger charge is -2.09. The molecule has 0 aliphatic rings. The number of benzene rings is 3. The van der Waals surface area contributed by atoms with E-state index < -0.39 is 17.7 Å². The van der Waals surface area contributed by atoms with Crippen LogP contribution in [-0.2, 0) is 0 Å². The van der Waals surface area contributed by atoms with Crippen LogP contribution in [0.2, 0.25) is 5.02 Å². The lowest BCUT2D eigenvalue weighted by molar-refractivity contribution is 0.0734. The van der Waals surface area contributed by atoms with Gasteiger partial charge in [0.25, 0.3) is 5.91 Å². The smallest absolute Gasteiger partial charge is 0.345 e. The first kappa shape index (κ1) is 20.7. The highest BCUT2D eigenvalue weighted by molar-refractivity contribution is 9.10. The molecule has 1 amide bonds. The predicted octanol–water partition coefficient (Wildman–Crippen LogP) is 5.22. The monoisotopic (exact) mass is 474 g/mol. The van der Waals surface area contributed by atoms with E-state index in [1.54, 1.807) is 42.5 Å². The van der Waals surface area contributed by atoms with E-state index in [1.807, 2.05) is 0 Å². The van der Waals surface area contributed by atoms with Crippen molar-refractivity contribution < 1.29 is 18.7 Å². The maximum absolute atomic E-state index is 12.9. The van der Waals surface area contributed by atoms with Gasteiger partial charge in [-0.3, -0.25) is 4.79 Å². The van der Waals surface area contributed by atoms with E-state index in [1.165, 1.54) is 30.5 Å². The van der Waals surface area contributed by atoms with Crippen LogP contribution in [0.3, 0.4) is 0 Å². The summed E-state index contributed by atoms with van der Waals surface area (Å²) in [6.45, 7) is 0. The molecule has 5 nitrogen and oxygen atoms in total. The minimum Gasteiger partial charge on any atom is -0.422 e. The minimum absolute atomic E-state index is 0.226. The van der Waals surface area contributed by atoms with E-state index >= 15 is 0 Å². The highest BCUT2D eigenvalue weighted by Crippen LogP contribution is 2.24. The molecule has 0 aromatic heterocycles. The zero-order chi connectivity index (χ0) is 20.8. The molecule has 0 radical (unpaired) electrons. The van der Waals surface area contributed by atoms with Gasteiger partial charge in [0.15, 0.2) is 0 Å². The van der Waals surface area contributed by atoms with E-state index in [2.05, 4.69) is 26.5 Å². The molecule has 0 fully saturated rings. The van der Waals surface area contributed by atoms with E-state index in [9.17, 15) is 14.0 Å². The number of hydrogen-bond acceptors (Lipinski definition) is 4. The van der Waals surface area contributed by atoms with Gasteiger partial charge in [0.05, 0.1) is 16.8 Å². The Balaban J connectivity index is 1.75. The summed E-state index contributed by atoms with van der Waals surface area (Å²) < 4.78 is 19.1.